The fourth-order valence-electron chi connectivity index (χ4n) is 9.60. The Morgan fingerprint density at radius 1 is 0.310 bits per heavy atom. The predicted octanol–water partition coefficient (Wildman–Crippen LogP) is 15.9. The van der Waals surface area contributed by atoms with Gasteiger partial charge in [0.1, 0.15) is 0 Å². The van der Waals surface area contributed by atoms with Crippen LogP contribution >= 0.6 is 22.7 Å². The molecule has 1 nitrogen and oxygen atoms in total. The lowest BCUT2D eigenvalue weighted by Crippen LogP contribution is -2.28. The molecule has 272 valence electrons. The zero-order valence-corrected chi connectivity index (χ0v) is 33.1. The molecule has 1 aliphatic rings. The molecule has 0 radical (unpaired) electrons. The molecule has 0 saturated heterocycles. The van der Waals surface area contributed by atoms with E-state index in [0.29, 0.717) is 0 Å². The SMILES string of the molecule is c1ccc(C2(c3ccc(-c4cccc(N(c5ccc6c(c5)sc5ccccc56)c5ccc6c(c5)sc5ccccc56)c4)cc3)c3ccccc3-c3ccccc32)cc1. The highest BCUT2D eigenvalue weighted by Crippen LogP contribution is 2.56. The van der Waals surface area contributed by atoms with Crippen molar-refractivity contribution in [3.63, 3.8) is 0 Å². The van der Waals surface area contributed by atoms with Crippen LogP contribution in [0.2, 0.25) is 0 Å². The number of anilines is 3. The van der Waals surface area contributed by atoms with E-state index in [1.807, 2.05) is 22.7 Å². The molecule has 0 amide bonds. The van der Waals surface area contributed by atoms with Gasteiger partial charge in [0.2, 0.25) is 0 Å². The van der Waals surface area contributed by atoms with Crippen LogP contribution in [0.15, 0.2) is 212 Å². The Balaban J connectivity index is 0.999. The van der Waals surface area contributed by atoms with Crippen LogP contribution in [0.5, 0.6) is 0 Å². The first-order valence-electron chi connectivity index (χ1n) is 19.8. The maximum atomic E-state index is 2.43. The van der Waals surface area contributed by atoms with Crippen LogP contribution in [0.3, 0.4) is 0 Å². The standard InChI is InChI=1S/C55H35NS2/c1-2-14-38(15-3-1)55(49-21-8-4-17-43(49)44-18-5-9-22-50(44)55)39-27-25-36(26-28-39)37-13-12-16-40(33-37)56(41-29-31-47-45-19-6-10-23-51(45)57-53(47)34-41)42-30-32-48-46-20-7-11-24-52(46)58-54(48)35-42/h1-35H. The smallest absolute Gasteiger partial charge is 0.0713 e. The first-order valence-corrected chi connectivity index (χ1v) is 21.5. The van der Waals surface area contributed by atoms with Crippen molar-refractivity contribution in [3.8, 4) is 22.3 Å². The van der Waals surface area contributed by atoms with E-state index in [0.717, 1.165) is 17.1 Å². The second kappa shape index (κ2) is 13.1. The molecule has 0 fully saturated rings. The third kappa shape index (κ3) is 5.00. The van der Waals surface area contributed by atoms with Crippen LogP contribution in [0.25, 0.3) is 62.6 Å². The number of hydrogen-bond acceptors (Lipinski definition) is 3. The highest BCUT2D eigenvalue weighted by molar-refractivity contribution is 7.26. The molecule has 0 unspecified atom stereocenters. The number of rotatable bonds is 6. The van der Waals surface area contributed by atoms with E-state index in [9.17, 15) is 0 Å². The topological polar surface area (TPSA) is 3.24 Å². The summed E-state index contributed by atoms with van der Waals surface area (Å²) in [5.41, 5.74) is 13.2. The summed E-state index contributed by atoms with van der Waals surface area (Å²) in [4.78, 5) is 2.43. The van der Waals surface area contributed by atoms with Crippen molar-refractivity contribution < 1.29 is 0 Å². The molecule has 0 spiro atoms. The molecule has 12 rings (SSSR count). The Kier molecular flexibility index (Phi) is 7.56. The van der Waals surface area contributed by atoms with Crippen LogP contribution in [-0.2, 0) is 5.41 Å². The van der Waals surface area contributed by atoms with Gasteiger partial charge in [-0.25, -0.2) is 0 Å². The quantitative estimate of drug-likeness (QED) is 0.163. The number of benzene rings is 9. The normalized spacial score (nSPS) is 13.0. The molecule has 9 aromatic carbocycles. The number of nitrogens with zero attached hydrogens (tertiary/aromatic N) is 1. The second-order valence-corrected chi connectivity index (χ2v) is 17.4. The molecule has 58 heavy (non-hydrogen) atoms. The molecule has 0 saturated carbocycles. The minimum atomic E-state index is -0.415. The van der Waals surface area contributed by atoms with Crippen LogP contribution in [0.1, 0.15) is 22.3 Å². The van der Waals surface area contributed by atoms with Gasteiger partial charge < -0.3 is 4.90 Å². The lowest BCUT2D eigenvalue weighted by molar-refractivity contribution is 0.768. The maximum absolute atomic E-state index is 2.43. The largest absolute Gasteiger partial charge is 0.310 e. The zero-order chi connectivity index (χ0) is 38.2. The summed E-state index contributed by atoms with van der Waals surface area (Å²) in [6, 6.07) is 78.8. The van der Waals surface area contributed by atoms with Gasteiger partial charge in [-0.05, 0) is 93.0 Å². The molecule has 11 aromatic rings. The van der Waals surface area contributed by atoms with E-state index in [4.69, 9.17) is 0 Å². The average Bonchev–Trinajstić information content (AvgIpc) is 3.95. The molecule has 0 aliphatic heterocycles. The molecular weight excluding hydrogens is 739 g/mol. The Morgan fingerprint density at radius 2 is 0.793 bits per heavy atom. The van der Waals surface area contributed by atoms with Crippen molar-refractivity contribution in [1.29, 1.82) is 0 Å². The van der Waals surface area contributed by atoms with Crippen molar-refractivity contribution in [2.24, 2.45) is 0 Å². The predicted molar refractivity (Wildman–Crippen MR) is 250 cm³/mol. The van der Waals surface area contributed by atoms with Gasteiger partial charge in [0.05, 0.1) is 5.41 Å². The summed E-state index contributed by atoms with van der Waals surface area (Å²) >= 11 is 3.73. The van der Waals surface area contributed by atoms with Crippen molar-refractivity contribution in [3.05, 3.63) is 235 Å². The van der Waals surface area contributed by atoms with E-state index in [1.54, 1.807) is 0 Å². The fraction of sp³-hybridized carbons (Fsp3) is 0.0182. The van der Waals surface area contributed by atoms with Crippen molar-refractivity contribution >= 4 is 80.1 Å². The monoisotopic (exact) mass is 773 g/mol. The van der Waals surface area contributed by atoms with E-state index in [-0.39, 0.29) is 0 Å². The summed E-state index contributed by atoms with van der Waals surface area (Å²) in [7, 11) is 0. The third-order valence-electron chi connectivity index (χ3n) is 12.2. The summed E-state index contributed by atoms with van der Waals surface area (Å²) in [5, 5.41) is 5.24. The molecule has 3 heteroatoms. The minimum Gasteiger partial charge on any atom is -0.310 e. The van der Waals surface area contributed by atoms with Crippen LogP contribution in [0.4, 0.5) is 17.1 Å². The van der Waals surface area contributed by atoms with E-state index >= 15 is 0 Å². The molecule has 0 atom stereocenters. The Hall–Kier alpha value is -6.78. The highest BCUT2D eigenvalue weighted by atomic mass is 32.1. The molecule has 1 aliphatic carbocycles. The molecule has 0 bridgehead atoms. The Morgan fingerprint density at radius 3 is 1.40 bits per heavy atom. The van der Waals surface area contributed by atoms with E-state index in [2.05, 4.69) is 217 Å². The van der Waals surface area contributed by atoms with Crippen molar-refractivity contribution in [2.75, 3.05) is 4.90 Å². The third-order valence-corrected chi connectivity index (χ3v) is 14.4. The molecule has 2 heterocycles. The van der Waals surface area contributed by atoms with Crippen LogP contribution in [0, 0.1) is 0 Å². The van der Waals surface area contributed by atoms with Gasteiger partial charge in [-0.3, -0.25) is 0 Å². The van der Waals surface area contributed by atoms with Crippen LogP contribution in [-0.4, -0.2) is 0 Å². The van der Waals surface area contributed by atoms with E-state index in [1.165, 1.54) is 84.9 Å². The van der Waals surface area contributed by atoms with Gasteiger partial charge in [-0.2, -0.15) is 0 Å². The van der Waals surface area contributed by atoms with Gasteiger partial charge in [-0.1, -0.05) is 164 Å². The second-order valence-electron chi connectivity index (χ2n) is 15.2. The Labute approximate surface area is 345 Å². The lowest BCUT2D eigenvalue weighted by atomic mass is 9.67. The summed E-state index contributed by atoms with van der Waals surface area (Å²) < 4.78 is 5.22. The summed E-state index contributed by atoms with van der Waals surface area (Å²) in [6.07, 6.45) is 0. The highest BCUT2D eigenvalue weighted by Gasteiger charge is 2.45. The van der Waals surface area contributed by atoms with Gasteiger partial charge in [0.15, 0.2) is 0 Å². The number of hydrogen-bond donors (Lipinski definition) is 0. The zero-order valence-electron chi connectivity index (χ0n) is 31.5. The minimum absolute atomic E-state index is 0.415. The molecular formula is C55H35NS2. The molecule has 2 aromatic heterocycles. The van der Waals surface area contributed by atoms with Crippen LogP contribution < -0.4 is 4.90 Å². The average molecular weight is 774 g/mol. The van der Waals surface area contributed by atoms with Gasteiger partial charge in [-0.15, -0.1) is 22.7 Å². The number of fused-ring (bicyclic) bond motifs is 9. The van der Waals surface area contributed by atoms with Gasteiger partial charge >= 0.3 is 0 Å². The first-order chi connectivity index (χ1) is 28.7. The summed E-state index contributed by atoms with van der Waals surface area (Å²) in [5.74, 6) is 0. The lowest BCUT2D eigenvalue weighted by Gasteiger charge is -2.34. The number of thiophene rings is 2. The van der Waals surface area contributed by atoms with Crippen molar-refractivity contribution in [1.82, 2.24) is 0 Å². The first kappa shape index (κ1) is 33.4. The fourth-order valence-corrected chi connectivity index (χ4v) is 11.9. The Bertz CT molecular complexity index is 3190. The molecule has 0 N–H and O–H groups in total. The van der Waals surface area contributed by atoms with Crippen molar-refractivity contribution in [2.45, 2.75) is 5.41 Å². The summed E-state index contributed by atoms with van der Waals surface area (Å²) in [6.45, 7) is 0. The van der Waals surface area contributed by atoms with Gasteiger partial charge in [0, 0.05) is 57.4 Å². The van der Waals surface area contributed by atoms with E-state index < -0.39 is 5.41 Å². The van der Waals surface area contributed by atoms with Gasteiger partial charge in [0.25, 0.3) is 0 Å². The maximum Gasteiger partial charge on any atom is 0.0713 e.